The Balaban J connectivity index is 1.83. The third-order valence-electron chi connectivity index (χ3n) is 3.95. The van der Waals surface area contributed by atoms with Gasteiger partial charge in [-0.15, -0.1) is 0 Å². The van der Waals surface area contributed by atoms with E-state index >= 15 is 0 Å². The Morgan fingerprint density at radius 2 is 1.96 bits per heavy atom. The monoisotopic (exact) mass is 355 g/mol. The number of nitrogens with zero attached hydrogens (tertiary/aromatic N) is 2. The summed E-state index contributed by atoms with van der Waals surface area (Å²) in [6.07, 6.45) is 1.06. The quantitative estimate of drug-likeness (QED) is 0.694. The molecule has 0 aliphatic carbocycles. The number of furan rings is 1. The van der Waals surface area contributed by atoms with Crippen molar-refractivity contribution in [3.05, 3.63) is 64.5 Å². The molecule has 8 heteroatoms. The Kier molecular flexibility index (Phi) is 4.83. The molecule has 0 bridgehead atoms. The van der Waals surface area contributed by atoms with E-state index in [4.69, 9.17) is 9.52 Å². The van der Waals surface area contributed by atoms with Gasteiger partial charge in [0, 0.05) is 5.39 Å². The van der Waals surface area contributed by atoms with E-state index in [0.717, 1.165) is 10.1 Å². The summed E-state index contributed by atoms with van der Waals surface area (Å²) in [5, 5.41) is 17.0. The molecule has 0 radical (unpaired) electrons. The van der Waals surface area contributed by atoms with E-state index in [0.29, 0.717) is 16.8 Å². The molecule has 2 heterocycles. The highest BCUT2D eigenvalue weighted by atomic mass is 16.4. The molecule has 3 aromatic rings. The number of fused-ring (bicyclic) bond motifs is 1. The number of aliphatic carboxylic acids is 1. The Morgan fingerprint density at radius 1 is 1.23 bits per heavy atom. The molecule has 0 saturated carbocycles. The van der Waals surface area contributed by atoms with Gasteiger partial charge in [-0.3, -0.25) is 14.4 Å². The first-order valence-corrected chi connectivity index (χ1v) is 7.96. The predicted molar refractivity (Wildman–Crippen MR) is 92.6 cm³/mol. The van der Waals surface area contributed by atoms with Crippen LogP contribution in [0.15, 0.2) is 51.9 Å². The second kappa shape index (κ2) is 7.22. The van der Waals surface area contributed by atoms with Crippen molar-refractivity contribution in [1.29, 1.82) is 0 Å². The van der Waals surface area contributed by atoms with Crippen molar-refractivity contribution in [2.45, 2.75) is 25.9 Å². The normalized spacial score (nSPS) is 12.0. The molecular formula is C18H17N3O5. The molecule has 0 unspecified atom stereocenters. The van der Waals surface area contributed by atoms with Gasteiger partial charge in [-0.1, -0.05) is 18.2 Å². The van der Waals surface area contributed by atoms with Crippen LogP contribution in [0.25, 0.3) is 10.8 Å². The number of benzene rings is 1. The first-order valence-electron chi connectivity index (χ1n) is 7.96. The highest BCUT2D eigenvalue weighted by molar-refractivity contribution is 5.84. The molecule has 134 valence electrons. The molecule has 26 heavy (non-hydrogen) atoms. The first-order chi connectivity index (χ1) is 12.5. The van der Waals surface area contributed by atoms with E-state index in [-0.39, 0.29) is 18.5 Å². The fraction of sp³-hybridized carbons (Fsp3) is 0.222. The summed E-state index contributed by atoms with van der Waals surface area (Å²) in [5.41, 5.74) is 0.246. The predicted octanol–water partition coefficient (Wildman–Crippen LogP) is 1.63. The molecule has 1 atom stereocenters. The lowest BCUT2D eigenvalue weighted by atomic mass is 10.1. The fourth-order valence-corrected chi connectivity index (χ4v) is 2.77. The van der Waals surface area contributed by atoms with Gasteiger partial charge in [0.1, 0.15) is 12.3 Å². The highest BCUT2D eigenvalue weighted by Gasteiger charge is 2.21. The van der Waals surface area contributed by atoms with E-state index in [2.05, 4.69) is 10.4 Å². The van der Waals surface area contributed by atoms with Crippen LogP contribution in [-0.2, 0) is 16.1 Å². The third kappa shape index (κ3) is 3.64. The summed E-state index contributed by atoms with van der Waals surface area (Å²) in [6.45, 7) is 1.44. The van der Waals surface area contributed by atoms with E-state index in [1.54, 1.807) is 37.3 Å². The van der Waals surface area contributed by atoms with Gasteiger partial charge in [0.05, 0.1) is 29.8 Å². The van der Waals surface area contributed by atoms with Gasteiger partial charge < -0.3 is 14.8 Å². The van der Waals surface area contributed by atoms with Gasteiger partial charge in [-0.05, 0) is 25.1 Å². The molecule has 0 aliphatic heterocycles. The number of aryl methyl sites for hydroxylation is 1. The number of aromatic nitrogens is 2. The molecular weight excluding hydrogens is 338 g/mol. The largest absolute Gasteiger partial charge is 0.481 e. The summed E-state index contributed by atoms with van der Waals surface area (Å²) >= 11 is 0. The Bertz CT molecular complexity index is 1010. The van der Waals surface area contributed by atoms with Crippen LogP contribution in [0.5, 0.6) is 0 Å². The number of hydrogen-bond donors (Lipinski definition) is 2. The number of rotatable bonds is 6. The number of carbonyl (C=O) groups is 2. The molecule has 0 aliphatic rings. The van der Waals surface area contributed by atoms with Gasteiger partial charge in [0.25, 0.3) is 5.56 Å². The van der Waals surface area contributed by atoms with Gasteiger partial charge in [-0.2, -0.15) is 5.10 Å². The van der Waals surface area contributed by atoms with Crippen LogP contribution >= 0.6 is 0 Å². The fourth-order valence-electron chi connectivity index (χ4n) is 2.77. The molecule has 1 amide bonds. The standard InChI is InChI=1S/C18H17N3O5/c1-11-12-5-2-3-6-13(12)18(25)21(20-11)10-16(22)19-14(9-17(23)24)15-7-4-8-26-15/h2-8,14H,9-10H2,1H3,(H,19,22)(H,23,24)/t14-/m0/s1. The van der Waals surface area contributed by atoms with Crippen molar-refractivity contribution in [1.82, 2.24) is 15.1 Å². The molecule has 0 fully saturated rings. The molecule has 8 nitrogen and oxygen atoms in total. The molecule has 0 saturated heterocycles. The average Bonchev–Trinajstić information content (AvgIpc) is 3.13. The van der Waals surface area contributed by atoms with Gasteiger partial charge in [0.15, 0.2) is 0 Å². The Hall–Kier alpha value is -3.42. The zero-order valence-corrected chi connectivity index (χ0v) is 14.0. The van der Waals surface area contributed by atoms with Gasteiger partial charge in [-0.25, -0.2) is 4.68 Å². The second-order valence-electron chi connectivity index (χ2n) is 5.83. The molecule has 2 aromatic heterocycles. The zero-order valence-electron chi connectivity index (χ0n) is 14.0. The van der Waals surface area contributed by atoms with E-state index in [9.17, 15) is 14.4 Å². The number of carboxylic acids is 1. The van der Waals surface area contributed by atoms with Crippen LogP contribution in [0.3, 0.4) is 0 Å². The minimum absolute atomic E-state index is 0.318. The zero-order chi connectivity index (χ0) is 18.7. The van der Waals surface area contributed by atoms with Crippen LogP contribution in [0.1, 0.15) is 23.9 Å². The third-order valence-corrected chi connectivity index (χ3v) is 3.95. The lowest BCUT2D eigenvalue weighted by molar-refractivity contribution is -0.138. The number of carbonyl (C=O) groups excluding carboxylic acids is 1. The smallest absolute Gasteiger partial charge is 0.305 e. The Labute approximate surface area is 148 Å². The van der Waals surface area contributed by atoms with Crippen molar-refractivity contribution in [3.63, 3.8) is 0 Å². The van der Waals surface area contributed by atoms with Crippen LogP contribution in [0, 0.1) is 6.92 Å². The lowest BCUT2D eigenvalue weighted by Crippen LogP contribution is -2.36. The summed E-state index contributed by atoms with van der Waals surface area (Å²) in [5.74, 6) is -1.28. The Morgan fingerprint density at radius 3 is 2.62 bits per heavy atom. The second-order valence-corrected chi connectivity index (χ2v) is 5.83. The van der Waals surface area contributed by atoms with Crippen LogP contribution in [0.2, 0.25) is 0 Å². The number of nitrogens with one attached hydrogen (secondary N) is 1. The molecule has 3 rings (SSSR count). The maximum absolute atomic E-state index is 12.5. The molecule has 1 aromatic carbocycles. The molecule has 0 spiro atoms. The minimum atomic E-state index is -1.08. The van der Waals surface area contributed by atoms with Gasteiger partial charge >= 0.3 is 5.97 Å². The van der Waals surface area contributed by atoms with E-state index in [1.807, 2.05) is 6.07 Å². The van der Waals surface area contributed by atoms with E-state index in [1.165, 1.54) is 6.26 Å². The van der Waals surface area contributed by atoms with Crippen molar-refractivity contribution < 1.29 is 19.1 Å². The maximum atomic E-state index is 12.5. The van der Waals surface area contributed by atoms with Crippen LogP contribution in [0.4, 0.5) is 0 Å². The number of carboxylic acid groups (broad SMARTS) is 1. The summed E-state index contributed by atoms with van der Waals surface area (Å²) < 4.78 is 6.26. The van der Waals surface area contributed by atoms with Gasteiger partial charge in [0.2, 0.25) is 5.91 Å². The SMILES string of the molecule is Cc1nn(CC(=O)N[C@@H](CC(=O)O)c2ccco2)c(=O)c2ccccc12. The maximum Gasteiger partial charge on any atom is 0.305 e. The molecule has 2 N–H and O–H groups in total. The number of amides is 1. The summed E-state index contributed by atoms with van der Waals surface area (Å²) in [7, 11) is 0. The van der Waals surface area contributed by atoms with E-state index < -0.39 is 17.9 Å². The highest BCUT2D eigenvalue weighted by Crippen LogP contribution is 2.17. The van der Waals surface area contributed by atoms with Crippen molar-refractivity contribution in [2.24, 2.45) is 0 Å². The summed E-state index contributed by atoms with van der Waals surface area (Å²) in [4.78, 5) is 35.9. The number of hydrogen-bond acceptors (Lipinski definition) is 5. The van der Waals surface area contributed by atoms with Crippen molar-refractivity contribution >= 4 is 22.6 Å². The van der Waals surface area contributed by atoms with Crippen molar-refractivity contribution in [2.75, 3.05) is 0 Å². The van der Waals surface area contributed by atoms with Crippen molar-refractivity contribution in [3.8, 4) is 0 Å². The van der Waals surface area contributed by atoms with Crippen LogP contribution < -0.4 is 10.9 Å². The summed E-state index contributed by atoms with van der Waals surface area (Å²) in [6, 6.07) is 9.39. The van der Waals surface area contributed by atoms with Crippen LogP contribution in [-0.4, -0.2) is 26.8 Å². The topological polar surface area (TPSA) is 114 Å². The minimum Gasteiger partial charge on any atom is -0.481 e. The average molecular weight is 355 g/mol. The first kappa shape index (κ1) is 17.4. The lowest BCUT2D eigenvalue weighted by Gasteiger charge is -2.15.